The van der Waals surface area contributed by atoms with Gasteiger partial charge in [-0.3, -0.25) is 9.63 Å². The predicted molar refractivity (Wildman–Crippen MR) is 62.7 cm³/mol. The third-order valence-electron chi connectivity index (χ3n) is 2.92. The number of amides is 1. The zero-order valence-electron chi connectivity index (χ0n) is 9.56. The number of carbonyl (C=O) groups excluding carboxylic acids is 1. The number of nitrogens with two attached hydrogens (primary N) is 1. The highest BCUT2D eigenvalue weighted by Crippen LogP contribution is 2.33. The maximum Gasteiger partial charge on any atom is 0.253 e. The molecule has 16 heavy (non-hydrogen) atoms. The van der Waals surface area contributed by atoms with E-state index in [4.69, 9.17) is 10.6 Å². The second-order valence-electron chi connectivity index (χ2n) is 4.35. The van der Waals surface area contributed by atoms with Crippen LogP contribution in [0.1, 0.15) is 26.7 Å². The molecular formula is C12H16N2O2. The molecule has 4 heteroatoms. The first kappa shape index (κ1) is 11.0. The third-order valence-corrected chi connectivity index (χ3v) is 2.92. The molecule has 1 aliphatic rings. The van der Waals surface area contributed by atoms with Gasteiger partial charge in [-0.05, 0) is 31.5 Å². The molecule has 1 aromatic rings. The largest absolute Gasteiger partial charge is 0.399 e. The lowest BCUT2D eigenvalue weighted by Crippen LogP contribution is -2.27. The molecule has 1 amide bonds. The van der Waals surface area contributed by atoms with Crippen molar-refractivity contribution in [2.24, 2.45) is 0 Å². The lowest BCUT2D eigenvalue weighted by atomic mass is 10.0. The topological polar surface area (TPSA) is 55.6 Å². The molecule has 0 radical (unpaired) electrons. The Morgan fingerprint density at radius 2 is 2.31 bits per heavy atom. The Bertz CT molecular complexity index is 419. The summed E-state index contributed by atoms with van der Waals surface area (Å²) in [7, 11) is 0. The molecule has 1 unspecified atom stereocenters. The monoisotopic (exact) mass is 220 g/mol. The van der Waals surface area contributed by atoms with Crippen LogP contribution in [0.2, 0.25) is 0 Å². The third kappa shape index (κ3) is 1.88. The highest BCUT2D eigenvalue weighted by Gasteiger charge is 2.40. The first-order chi connectivity index (χ1) is 7.54. The summed E-state index contributed by atoms with van der Waals surface area (Å²) in [6.07, 6.45) is 1.22. The molecule has 86 valence electrons. The van der Waals surface area contributed by atoms with E-state index in [1.807, 2.05) is 26.0 Å². The Hall–Kier alpha value is -1.55. The number of hydrogen-bond acceptors (Lipinski definition) is 3. The molecule has 1 aromatic carbocycles. The minimum absolute atomic E-state index is 0.0186. The molecular weight excluding hydrogens is 204 g/mol. The molecule has 1 fully saturated rings. The highest BCUT2D eigenvalue weighted by molar-refractivity contribution is 5.94. The summed E-state index contributed by atoms with van der Waals surface area (Å²) in [5, 5.41) is 1.35. The Labute approximate surface area is 94.9 Å². The van der Waals surface area contributed by atoms with Crippen LogP contribution in [-0.2, 0) is 9.63 Å². The van der Waals surface area contributed by atoms with Crippen molar-refractivity contribution < 1.29 is 9.63 Å². The normalized spacial score (nSPS) is 25.1. The lowest BCUT2D eigenvalue weighted by molar-refractivity contribution is -0.119. The second kappa shape index (κ2) is 3.79. The van der Waals surface area contributed by atoms with Gasteiger partial charge in [0, 0.05) is 5.69 Å². The van der Waals surface area contributed by atoms with Crippen LogP contribution >= 0.6 is 0 Å². The van der Waals surface area contributed by atoms with Crippen LogP contribution < -0.4 is 10.8 Å². The van der Waals surface area contributed by atoms with E-state index in [-0.39, 0.29) is 11.5 Å². The summed E-state index contributed by atoms with van der Waals surface area (Å²) in [5.41, 5.74) is 6.61. The molecule has 4 nitrogen and oxygen atoms in total. The summed E-state index contributed by atoms with van der Waals surface area (Å²) in [6, 6.07) is 7.14. The molecule has 0 bridgehead atoms. The Morgan fingerprint density at radius 3 is 2.88 bits per heavy atom. The van der Waals surface area contributed by atoms with Gasteiger partial charge in [-0.25, -0.2) is 0 Å². The fourth-order valence-corrected chi connectivity index (χ4v) is 1.73. The molecule has 1 aliphatic heterocycles. The molecule has 1 heterocycles. The van der Waals surface area contributed by atoms with Gasteiger partial charge in [-0.1, -0.05) is 13.0 Å². The Balaban J connectivity index is 2.27. The van der Waals surface area contributed by atoms with E-state index in [9.17, 15) is 4.79 Å². The van der Waals surface area contributed by atoms with E-state index in [0.29, 0.717) is 17.8 Å². The van der Waals surface area contributed by atoms with Crippen molar-refractivity contribution >= 4 is 17.3 Å². The maximum atomic E-state index is 11.8. The zero-order valence-corrected chi connectivity index (χ0v) is 9.56. The van der Waals surface area contributed by atoms with Gasteiger partial charge in [0.25, 0.3) is 5.91 Å². The van der Waals surface area contributed by atoms with Crippen molar-refractivity contribution in [2.45, 2.75) is 32.3 Å². The number of hydroxylamine groups is 1. The number of nitrogens with zero attached hydrogens (tertiary/aromatic N) is 1. The predicted octanol–water partition coefficient (Wildman–Crippen LogP) is 2.11. The summed E-state index contributed by atoms with van der Waals surface area (Å²) >= 11 is 0. The molecule has 0 aromatic heterocycles. The van der Waals surface area contributed by atoms with Gasteiger partial charge < -0.3 is 5.73 Å². The first-order valence-electron chi connectivity index (χ1n) is 5.42. The summed E-state index contributed by atoms with van der Waals surface area (Å²) in [6.45, 7) is 3.95. The van der Waals surface area contributed by atoms with Crippen LogP contribution in [0.5, 0.6) is 0 Å². The van der Waals surface area contributed by atoms with Gasteiger partial charge in [0.2, 0.25) is 0 Å². The lowest BCUT2D eigenvalue weighted by Gasteiger charge is -2.22. The number of anilines is 2. The van der Waals surface area contributed by atoms with Gasteiger partial charge in [0.1, 0.15) is 5.60 Å². The number of rotatable bonds is 2. The minimum Gasteiger partial charge on any atom is -0.399 e. The number of hydrogen-bond donors (Lipinski definition) is 1. The van der Waals surface area contributed by atoms with Gasteiger partial charge >= 0.3 is 0 Å². The highest BCUT2D eigenvalue weighted by atomic mass is 16.7. The van der Waals surface area contributed by atoms with Gasteiger partial charge in [-0.2, -0.15) is 5.06 Å². The molecule has 0 saturated carbocycles. The van der Waals surface area contributed by atoms with Crippen LogP contribution in [0.4, 0.5) is 11.4 Å². The number of carbonyl (C=O) groups is 1. The van der Waals surface area contributed by atoms with E-state index >= 15 is 0 Å². The Kier molecular flexibility index (Phi) is 2.59. The van der Waals surface area contributed by atoms with Crippen LogP contribution in [-0.4, -0.2) is 11.5 Å². The van der Waals surface area contributed by atoms with E-state index < -0.39 is 0 Å². The van der Waals surface area contributed by atoms with Gasteiger partial charge in [0.05, 0.1) is 12.1 Å². The van der Waals surface area contributed by atoms with Gasteiger partial charge in [0.15, 0.2) is 0 Å². The zero-order chi connectivity index (χ0) is 11.8. The molecule has 1 saturated heterocycles. The summed E-state index contributed by atoms with van der Waals surface area (Å²) in [4.78, 5) is 17.5. The van der Waals surface area contributed by atoms with Crippen molar-refractivity contribution in [2.75, 3.05) is 10.8 Å². The summed E-state index contributed by atoms with van der Waals surface area (Å²) in [5.74, 6) is -0.0186. The van der Waals surface area contributed by atoms with Crippen LogP contribution in [0.15, 0.2) is 24.3 Å². The molecule has 0 spiro atoms. The van der Waals surface area contributed by atoms with Crippen molar-refractivity contribution in [3.63, 3.8) is 0 Å². The Morgan fingerprint density at radius 1 is 1.56 bits per heavy atom. The minimum atomic E-state index is -0.387. The van der Waals surface area contributed by atoms with Crippen LogP contribution in [0.3, 0.4) is 0 Å². The number of nitrogen functional groups attached to an aromatic ring is 1. The molecule has 2 N–H and O–H groups in total. The summed E-state index contributed by atoms with van der Waals surface area (Å²) < 4.78 is 0. The smallest absolute Gasteiger partial charge is 0.253 e. The fraction of sp³-hybridized carbons (Fsp3) is 0.417. The molecule has 0 aliphatic carbocycles. The van der Waals surface area contributed by atoms with Crippen LogP contribution in [0, 0.1) is 0 Å². The average Bonchev–Trinajstić information content (AvgIpc) is 2.55. The van der Waals surface area contributed by atoms with Crippen molar-refractivity contribution in [3.05, 3.63) is 24.3 Å². The second-order valence-corrected chi connectivity index (χ2v) is 4.35. The van der Waals surface area contributed by atoms with Crippen molar-refractivity contribution in [1.29, 1.82) is 0 Å². The quantitative estimate of drug-likeness (QED) is 0.776. The fourth-order valence-electron chi connectivity index (χ4n) is 1.73. The van der Waals surface area contributed by atoms with Crippen LogP contribution in [0.25, 0.3) is 0 Å². The van der Waals surface area contributed by atoms with Crippen molar-refractivity contribution in [3.8, 4) is 0 Å². The molecule has 2 rings (SSSR count). The van der Waals surface area contributed by atoms with E-state index in [2.05, 4.69) is 0 Å². The standard InChI is InChI=1S/C12H16N2O2/c1-3-12(2)8-11(15)14(16-12)10-6-4-5-9(13)7-10/h4-7H,3,8,13H2,1-2H3. The SMILES string of the molecule is CCC1(C)CC(=O)N(c2cccc(N)c2)O1. The van der Waals surface area contributed by atoms with E-state index in [1.54, 1.807) is 12.1 Å². The average molecular weight is 220 g/mol. The first-order valence-corrected chi connectivity index (χ1v) is 5.42. The molecule has 1 atom stereocenters. The maximum absolute atomic E-state index is 11.8. The van der Waals surface area contributed by atoms with Crippen molar-refractivity contribution in [1.82, 2.24) is 0 Å². The van der Waals surface area contributed by atoms with E-state index in [0.717, 1.165) is 6.42 Å². The number of benzene rings is 1. The van der Waals surface area contributed by atoms with Gasteiger partial charge in [-0.15, -0.1) is 0 Å². The van der Waals surface area contributed by atoms with E-state index in [1.165, 1.54) is 5.06 Å².